The molecular weight excluding hydrogens is 363 g/mol. The van der Waals surface area contributed by atoms with Crippen LogP contribution in [-0.4, -0.2) is 43.4 Å². The maximum absolute atomic E-state index is 13.8. The fraction of sp³-hybridized carbons (Fsp3) is 0.429. The molecule has 0 aliphatic rings. The van der Waals surface area contributed by atoms with Crippen molar-refractivity contribution in [3.8, 4) is 5.75 Å². The van der Waals surface area contributed by atoms with Crippen LogP contribution in [0.1, 0.15) is 6.92 Å². The average molecular weight is 375 g/mol. The van der Waals surface area contributed by atoms with Crippen LogP contribution in [0.2, 0.25) is 0 Å². The summed E-state index contributed by atoms with van der Waals surface area (Å²) in [4.78, 5) is 14.5. The third-order valence-electron chi connectivity index (χ3n) is 2.83. The third-order valence-corrected chi connectivity index (χ3v) is 2.83. The van der Waals surface area contributed by atoms with Gasteiger partial charge in [0.25, 0.3) is 0 Å². The summed E-state index contributed by atoms with van der Waals surface area (Å²) in [7, 11) is 1.28. The van der Waals surface area contributed by atoms with Gasteiger partial charge in [-0.2, -0.15) is 30.7 Å². The van der Waals surface area contributed by atoms with Crippen LogP contribution in [0.15, 0.2) is 29.3 Å². The summed E-state index contributed by atoms with van der Waals surface area (Å²) in [5.74, 6) is -14.3. The topological polar surface area (TPSA) is 47.9 Å². The Bertz CT molecular complexity index is 639. The average Bonchev–Trinajstić information content (AvgIpc) is 2.51. The van der Waals surface area contributed by atoms with E-state index in [1.165, 1.54) is 19.2 Å². The molecule has 140 valence electrons. The van der Waals surface area contributed by atoms with Gasteiger partial charge in [-0.15, -0.1) is 0 Å². The van der Waals surface area contributed by atoms with Gasteiger partial charge in [-0.05, 0) is 31.2 Å². The Balaban J connectivity index is 3.46. The fourth-order valence-electron chi connectivity index (χ4n) is 1.56. The lowest BCUT2D eigenvalue weighted by molar-refractivity contribution is -0.336. The minimum Gasteiger partial charge on any atom is -0.497 e. The van der Waals surface area contributed by atoms with E-state index in [1.807, 2.05) is 0 Å². The van der Waals surface area contributed by atoms with E-state index in [0.29, 0.717) is 0 Å². The lowest BCUT2D eigenvalue weighted by atomic mass is 10.1. The monoisotopic (exact) mass is 375 g/mol. The van der Waals surface area contributed by atoms with Crippen molar-refractivity contribution >= 4 is 17.4 Å². The number of hydrogen-bond donors (Lipinski definition) is 0. The standard InChI is InChI=1S/C14H12F7NO3/c1-3-25-11(23)10(12(15,16)13(17,18)14(19,20)21)22-8-4-6-9(24-2)7-5-8/h4-7H,3H2,1-2H3. The summed E-state index contributed by atoms with van der Waals surface area (Å²) in [6, 6.07) is 4.34. The van der Waals surface area contributed by atoms with Crippen molar-refractivity contribution in [3.63, 3.8) is 0 Å². The van der Waals surface area contributed by atoms with E-state index in [2.05, 4.69) is 9.73 Å². The van der Waals surface area contributed by atoms with Gasteiger partial charge in [0.2, 0.25) is 5.71 Å². The van der Waals surface area contributed by atoms with Gasteiger partial charge < -0.3 is 9.47 Å². The second-order valence-electron chi connectivity index (χ2n) is 4.53. The number of carbonyl (C=O) groups excluding carboxylic acids is 1. The zero-order valence-electron chi connectivity index (χ0n) is 12.8. The van der Waals surface area contributed by atoms with Crippen LogP contribution in [0.3, 0.4) is 0 Å². The van der Waals surface area contributed by atoms with Crippen molar-refractivity contribution in [2.24, 2.45) is 4.99 Å². The summed E-state index contributed by atoms with van der Waals surface area (Å²) >= 11 is 0. The molecule has 0 bridgehead atoms. The number of nitrogens with zero attached hydrogens (tertiary/aromatic N) is 1. The summed E-state index contributed by atoms with van der Waals surface area (Å²) in [6.07, 6.45) is -6.61. The Morgan fingerprint density at radius 1 is 1.04 bits per heavy atom. The lowest BCUT2D eigenvalue weighted by Crippen LogP contribution is -2.58. The smallest absolute Gasteiger partial charge is 0.460 e. The minimum absolute atomic E-state index is 0.240. The number of rotatable bonds is 6. The molecule has 25 heavy (non-hydrogen) atoms. The van der Waals surface area contributed by atoms with Crippen molar-refractivity contribution in [2.45, 2.75) is 24.9 Å². The summed E-state index contributed by atoms with van der Waals surface area (Å²) in [5.41, 5.74) is -2.83. The molecule has 0 N–H and O–H groups in total. The number of benzene rings is 1. The number of ether oxygens (including phenoxy) is 2. The van der Waals surface area contributed by atoms with Crippen molar-refractivity contribution < 1.29 is 45.0 Å². The number of alkyl halides is 7. The molecule has 4 nitrogen and oxygen atoms in total. The highest BCUT2D eigenvalue weighted by molar-refractivity contribution is 6.40. The van der Waals surface area contributed by atoms with Crippen LogP contribution >= 0.6 is 0 Å². The summed E-state index contributed by atoms with van der Waals surface area (Å²) in [5, 5.41) is 0. The fourth-order valence-corrected chi connectivity index (χ4v) is 1.56. The molecule has 0 saturated heterocycles. The van der Waals surface area contributed by atoms with Crippen molar-refractivity contribution in [3.05, 3.63) is 24.3 Å². The zero-order chi connectivity index (χ0) is 19.5. The number of carbonyl (C=O) groups is 1. The predicted molar refractivity (Wildman–Crippen MR) is 72.7 cm³/mol. The molecule has 0 aliphatic heterocycles. The summed E-state index contributed by atoms with van der Waals surface area (Å²) in [6.45, 7) is 0.622. The number of hydrogen-bond acceptors (Lipinski definition) is 4. The maximum atomic E-state index is 13.8. The Hall–Kier alpha value is -2.33. The molecule has 1 rings (SSSR count). The number of aliphatic imine (C=N–C) groups is 1. The van der Waals surface area contributed by atoms with Gasteiger partial charge in [0.1, 0.15) is 5.75 Å². The van der Waals surface area contributed by atoms with Gasteiger partial charge in [-0.3, -0.25) is 0 Å². The van der Waals surface area contributed by atoms with E-state index in [4.69, 9.17) is 4.74 Å². The second-order valence-corrected chi connectivity index (χ2v) is 4.53. The first-order valence-corrected chi connectivity index (χ1v) is 6.61. The first kappa shape index (κ1) is 20.7. The molecule has 0 aromatic heterocycles. The first-order chi connectivity index (χ1) is 11.4. The molecule has 1 aromatic carbocycles. The third kappa shape index (κ3) is 4.20. The van der Waals surface area contributed by atoms with Gasteiger partial charge in [-0.1, -0.05) is 0 Å². The van der Waals surface area contributed by atoms with E-state index in [0.717, 1.165) is 19.1 Å². The molecule has 0 heterocycles. The van der Waals surface area contributed by atoms with Crippen LogP contribution < -0.4 is 4.74 Å². The van der Waals surface area contributed by atoms with Gasteiger partial charge in [0.05, 0.1) is 19.4 Å². The Morgan fingerprint density at radius 2 is 1.56 bits per heavy atom. The number of methoxy groups -OCH3 is 1. The largest absolute Gasteiger partial charge is 0.497 e. The van der Waals surface area contributed by atoms with Crippen LogP contribution in [0.4, 0.5) is 36.4 Å². The van der Waals surface area contributed by atoms with Gasteiger partial charge in [0, 0.05) is 0 Å². The zero-order valence-corrected chi connectivity index (χ0v) is 12.8. The number of halogens is 7. The first-order valence-electron chi connectivity index (χ1n) is 6.61. The SMILES string of the molecule is CCOC(=O)C(=Nc1ccc(OC)cc1)C(F)(F)C(F)(F)C(F)(F)F. The van der Waals surface area contributed by atoms with E-state index < -0.39 is 42.0 Å². The Morgan fingerprint density at radius 3 is 1.96 bits per heavy atom. The highest BCUT2D eigenvalue weighted by Crippen LogP contribution is 2.47. The minimum atomic E-state index is -6.61. The van der Waals surface area contributed by atoms with Crippen molar-refractivity contribution in [1.29, 1.82) is 0 Å². The molecule has 0 atom stereocenters. The summed E-state index contributed by atoms with van der Waals surface area (Å²) < 4.78 is 100.0. The Kier molecular flexibility index (Phi) is 6.03. The van der Waals surface area contributed by atoms with Crippen LogP contribution in [0, 0.1) is 0 Å². The van der Waals surface area contributed by atoms with Crippen LogP contribution in [0.25, 0.3) is 0 Å². The molecule has 0 unspecified atom stereocenters. The Labute approximate surface area is 137 Å². The van der Waals surface area contributed by atoms with E-state index in [1.54, 1.807) is 0 Å². The highest BCUT2D eigenvalue weighted by atomic mass is 19.4. The molecule has 0 amide bonds. The van der Waals surface area contributed by atoms with E-state index in [-0.39, 0.29) is 5.75 Å². The van der Waals surface area contributed by atoms with Crippen molar-refractivity contribution in [2.75, 3.05) is 13.7 Å². The maximum Gasteiger partial charge on any atom is 0.460 e. The lowest BCUT2D eigenvalue weighted by Gasteiger charge is -2.28. The van der Waals surface area contributed by atoms with Gasteiger partial charge >= 0.3 is 24.0 Å². The molecule has 11 heteroatoms. The predicted octanol–water partition coefficient (Wildman–Crippen LogP) is 4.16. The number of esters is 1. The molecule has 1 aromatic rings. The van der Waals surface area contributed by atoms with Crippen LogP contribution in [-0.2, 0) is 9.53 Å². The molecular formula is C14H12F7NO3. The quantitative estimate of drug-likeness (QED) is 0.426. The van der Waals surface area contributed by atoms with Crippen LogP contribution in [0.5, 0.6) is 5.75 Å². The molecule has 0 aliphatic carbocycles. The van der Waals surface area contributed by atoms with Gasteiger partial charge in [0.15, 0.2) is 0 Å². The molecule has 0 saturated carbocycles. The van der Waals surface area contributed by atoms with E-state index >= 15 is 0 Å². The highest BCUT2D eigenvalue weighted by Gasteiger charge is 2.76. The van der Waals surface area contributed by atoms with Crippen molar-refractivity contribution in [1.82, 2.24) is 0 Å². The second kappa shape index (κ2) is 7.28. The molecule has 0 radical (unpaired) electrons. The molecule has 0 spiro atoms. The van der Waals surface area contributed by atoms with E-state index in [9.17, 15) is 35.5 Å². The molecule has 0 fully saturated rings. The van der Waals surface area contributed by atoms with Gasteiger partial charge in [-0.25, -0.2) is 9.79 Å². The normalized spacial score (nSPS) is 13.6.